The second-order valence-corrected chi connectivity index (χ2v) is 4.72. The molecule has 0 aliphatic rings. The average molecular weight is 386 g/mol. The van der Waals surface area contributed by atoms with Crippen LogP contribution in [0.4, 0.5) is 13.2 Å². The molecular formula is C11H10F3IN2O2. The summed E-state index contributed by atoms with van der Waals surface area (Å²) in [5.41, 5.74) is 0.367. The average Bonchev–Trinajstić information content (AvgIpc) is 2.33. The van der Waals surface area contributed by atoms with E-state index in [1.54, 1.807) is 29.6 Å². The van der Waals surface area contributed by atoms with Gasteiger partial charge in [0.1, 0.15) is 6.54 Å². The Bertz CT molecular complexity index is 477. The summed E-state index contributed by atoms with van der Waals surface area (Å²) in [6, 6.07) is 6.67. The minimum Gasteiger partial charge on any atom is -0.345 e. The zero-order valence-electron chi connectivity index (χ0n) is 9.55. The smallest absolute Gasteiger partial charge is 0.345 e. The lowest BCUT2D eigenvalue weighted by atomic mass is 10.2. The monoisotopic (exact) mass is 386 g/mol. The Labute approximate surface area is 120 Å². The number of carbonyl (C=O) groups excluding carboxylic acids is 2. The van der Waals surface area contributed by atoms with Gasteiger partial charge in [-0.15, -0.1) is 0 Å². The maximum atomic E-state index is 11.8. The first-order chi connectivity index (χ1) is 8.79. The maximum absolute atomic E-state index is 11.8. The van der Waals surface area contributed by atoms with E-state index < -0.39 is 31.1 Å². The number of hydrogen-bond acceptors (Lipinski definition) is 2. The lowest BCUT2D eigenvalue weighted by Gasteiger charge is -2.09. The van der Waals surface area contributed by atoms with Crippen LogP contribution < -0.4 is 10.6 Å². The number of amides is 2. The molecule has 8 heteroatoms. The Morgan fingerprint density at radius 2 is 1.79 bits per heavy atom. The van der Waals surface area contributed by atoms with Gasteiger partial charge in [0.2, 0.25) is 5.91 Å². The molecule has 2 amide bonds. The van der Waals surface area contributed by atoms with Gasteiger partial charge in [-0.05, 0) is 34.7 Å². The molecule has 0 aromatic heterocycles. The lowest BCUT2D eigenvalue weighted by molar-refractivity contribution is -0.137. The first-order valence-corrected chi connectivity index (χ1v) is 6.23. The van der Waals surface area contributed by atoms with E-state index in [0.717, 1.165) is 0 Å². The van der Waals surface area contributed by atoms with Crippen LogP contribution in [0.25, 0.3) is 0 Å². The molecule has 0 saturated heterocycles. The van der Waals surface area contributed by atoms with Gasteiger partial charge in [0.05, 0.1) is 12.1 Å². The first kappa shape index (κ1) is 15.7. The fraction of sp³-hybridized carbons (Fsp3) is 0.273. The molecule has 1 aromatic rings. The normalized spacial score (nSPS) is 10.9. The summed E-state index contributed by atoms with van der Waals surface area (Å²) in [4.78, 5) is 22.7. The molecule has 0 heterocycles. The number of hydrogen-bond donors (Lipinski definition) is 2. The van der Waals surface area contributed by atoms with Crippen molar-refractivity contribution >= 4 is 34.4 Å². The third-order valence-electron chi connectivity index (χ3n) is 2.01. The number of nitrogens with one attached hydrogen (secondary N) is 2. The Morgan fingerprint density at radius 3 is 2.37 bits per heavy atom. The van der Waals surface area contributed by atoms with Crippen LogP contribution in [0.15, 0.2) is 24.3 Å². The fourth-order valence-corrected chi connectivity index (χ4v) is 1.79. The van der Waals surface area contributed by atoms with E-state index >= 15 is 0 Å². The van der Waals surface area contributed by atoms with E-state index in [0.29, 0.717) is 9.13 Å². The predicted octanol–water partition coefficient (Wildman–Crippen LogP) is 1.70. The van der Waals surface area contributed by atoms with Gasteiger partial charge in [0.25, 0.3) is 5.91 Å². The van der Waals surface area contributed by atoms with Gasteiger partial charge in [-0.1, -0.05) is 12.1 Å². The highest BCUT2D eigenvalue weighted by molar-refractivity contribution is 14.1. The summed E-state index contributed by atoms with van der Waals surface area (Å²) >= 11 is 1.95. The van der Waals surface area contributed by atoms with Crippen LogP contribution in [0, 0.1) is 3.57 Å². The van der Waals surface area contributed by atoms with Crippen molar-refractivity contribution in [2.45, 2.75) is 6.18 Å². The van der Waals surface area contributed by atoms with Gasteiger partial charge in [0.15, 0.2) is 0 Å². The third-order valence-corrected chi connectivity index (χ3v) is 2.95. The molecule has 19 heavy (non-hydrogen) atoms. The highest BCUT2D eigenvalue weighted by atomic mass is 127. The van der Waals surface area contributed by atoms with Crippen molar-refractivity contribution in [2.75, 3.05) is 13.1 Å². The second kappa shape index (κ2) is 6.73. The maximum Gasteiger partial charge on any atom is 0.405 e. The first-order valence-electron chi connectivity index (χ1n) is 5.16. The lowest BCUT2D eigenvalue weighted by Crippen LogP contribution is -2.41. The third kappa shape index (κ3) is 5.90. The van der Waals surface area contributed by atoms with E-state index in [2.05, 4.69) is 5.32 Å². The molecule has 0 unspecified atom stereocenters. The largest absolute Gasteiger partial charge is 0.405 e. The molecule has 0 bridgehead atoms. The molecule has 104 valence electrons. The van der Waals surface area contributed by atoms with Crippen LogP contribution in [0.2, 0.25) is 0 Å². The molecule has 0 atom stereocenters. The van der Waals surface area contributed by atoms with Crippen molar-refractivity contribution in [3.8, 4) is 0 Å². The van der Waals surface area contributed by atoms with Gasteiger partial charge in [-0.2, -0.15) is 13.2 Å². The Kier molecular flexibility index (Phi) is 5.58. The van der Waals surface area contributed by atoms with Crippen molar-refractivity contribution in [3.05, 3.63) is 33.4 Å². The second-order valence-electron chi connectivity index (χ2n) is 3.55. The number of benzene rings is 1. The number of rotatable bonds is 4. The predicted molar refractivity (Wildman–Crippen MR) is 70.6 cm³/mol. The standard InChI is InChI=1S/C11H10F3IN2O2/c12-11(13,14)6-17-9(18)5-16-10(19)7-3-1-2-4-8(7)15/h1-4H,5-6H2,(H,16,19)(H,17,18). The van der Waals surface area contributed by atoms with Gasteiger partial charge >= 0.3 is 6.18 Å². The molecule has 0 spiro atoms. The van der Waals surface area contributed by atoms with Crippen LogP contribution in [-0.2, 0) is 4.79 Å². The summed E-state index contributed by atoms with van der Waals surface area (Å²) in [5, 5.41) is 3.92. The van der Waals surface area contributed by atoms with Crippen LogP contribution in [0.5, 0.6) is 0 Å². The Balaban J connectivity index is 2.43. The van der Waals surface area contributed by atoms with Crippen LogP contribution in [0.3, 0.4) is 0 Å². The van der Waals surface area contributed by atoms with Crippen LogP contribution in [0.1, 0.15) is 10.4 Å². The Hall–Kier alpha value is -1.32. The van der Waals surface area contributed by atoms with Crippen molar-refractivity contribution in [1.82, 2.24) is 10.6 Å². The Morgan fingerprint density at radius 1 is 1.16 bits per heavy atom. The molecule has 0 saturated carbocycles. The molecular weight excluding hydrogens is 376 g/mol. The van der Waals surface area contributed by atoms with Crippen molar-refractivity contribution in [3.63, 3.8) is 0 Å². The van der Waals surface area contributed by atoms with Crippen molar-refractivity contribution < 1.29 is 22.8 Å². The summed E-state index contributed by atoms with van der Waals surface area (Å²) < 4.78 is 36.2. The molecule has 4 nitrogen and oxygen atoms in total. The number of halogens is 4. The minimum atomic E-state index is -4.46. The molecule has 0 radical (unpaired) electrons. The number of alkyl halides is 3. The highest BCUT2D eigenvalue weighted by Crippen LogP contribution is 2.12. The summed E-state index contributed by atoms with van der Waals surface area (Å²) in [7, 11) is 0. The summed E-state index contributed by atoms with van der Waals surface area (Å²) in [6.07, 6.45) is -4.46. The molecule has 1 rings (SSSR count). The highest BCUT2D eigenvalue weighted by Gasteiger charge is 2.27. The molecule has 1 aromatic carbocycles. The summed E-state index contributed by atoms with van der Waals surface area (Å²) in [6.45, 7) is -1.91. The molecule has 0 fully saturated rings. The van der Waals surface area contributed by atoms with Crippen molar-refractivity contribution in [2.24, 2.45) is 0 Å². The molecule has 0 aliphatic heterocycles. The van der Waals surface area contributed by atoms with Gasteiger partial charge < -0.3 is 10.6 Å². The van der Waals surface area contributed by atoms with Crippen LogP contribution >= 0.6 is 22.6 Å². The van der Waals surface area contributed by atoms with Gasteiger partial charge in [0, 0.05) is 3.57 Å². The quantitative estimate of drug-likeness (QED) is 0.775. The topological polar surface area (TPSA) is 58.2 Å². The van der Waals surface area contributed by atoms with E-state index in [4.69, 9.17) is 0 Å². The fourth-order valence-electron chi connectivity index (χ4n) is 1.16. The SMILES string of the molecule is O=C(CNC(=O)c1ccccc1I)NCC(F)(F)F. The van der Waals surface area contributed by atoms with E-state index in [1.165, 1.54) is 0 Å². The summed E-state index contributed by atoms with van der Waals surface area (Å²) in [5.74, 6) is -1.40. The van der Waals surface area contributed by atoms with E-state index in [-0.39, 0.29) is 0 Å². The zero-order chi connectivity index (χ0) is 14.5. The zero-order valence-corrected chi connectivity index (χ0v) is 11.7. The number of carbonyl (C=O) groups is 2. The van der Waals surface area contributed by atoms with E-state index in [9.17, 15) is 22.8 Å². The minimum absolute atomic E-state index is 0.367. The molecule has 0 aliphatic carbocycles. The van der Waals surface area contributed by atoms with Crippen LogP contribution in [-0.4, -0.2) is 31.1 Å². The van der Waals surface area contributed by atoms with Gasteiger partial charge in [-0.3, -0.25) is 9.59 Å². The van der Waals surface area contributed by atoms with Gasteiger partial charge in [-0.25, -0.2) is 0 Å². The molecule has 2 N–H and O–H groups in total. The van der Waals surface area contributed by atoms with E-state index in [1.807, 2.05) is 22.6 Å². The van der Waals surface area contributed by atoms with Crippen molar-refractivity contribution in [1.29, 1.82) is 0 Å².